The van der Waals surface area contributed by atoms with E-state index in [4.69, 9.17) is 10.00 Å². The molecule has 0 aliphatic carbocycles. The van der Waals surface area contributed by atoms with Gasteiger partial charge in [0.15, 0.2) is 0 Å². The van der Waals surface area contributed by atoms with Gasteiger partial charge in [0.1, 0.15) is 5.65 Å². The zero-order valence-corrected chi connectivity index (χ0v) is 14.7. The predicted molar refractivity (Wildman–Crippen MR) is 101 cm³/mol. The molecule has 0 aliphatic heterocycles. The van der Waals surface area contributed by atoms with Gasteiger partial charge in [0.25, 0.3) is 0 Å². The lowest BCUT2D eigenvalue weighted by atomic mass is 10.1. The number of nitrogens with zero attached hydrogens (tertiary/aromatic N) is 4. The Morgan fingerprint density at radius 1 is 1.22 bits per heavy atom. The third-order valence-electron chi connectivity index (χ3n) is 4.19. The standard InChI is InChI=1S/C20H15N5O2/c1-12-11-25-18(22-12)16-7-6-14(19(26)27-2)9-17(16)24-20(25)23-15-5-3-4-13(8-15)10-21/h3-9,11H,1-2H3,(H,23,24). The number of anilines is 2. The molecule has 0 saturated heterocycles. The quantitative estimate of drug-likeness (QED) is 0.563. The molecule has 0 aliphatic rings. The van der Waals surface area contributed by atoms with E-state index in [9.17, 15) is 4.79 Å². The summed E-state index contributed by atoms with van der Waals surface area (Å²) in [5.74, 6) is 0.115. The lowest BCUT2D eigenvalue weighted by Crippen LogP contribution is -2.04. The summed E-state index contributed by atoms with van der Waals surface area (Å²) in [6.45, 7) is 1.90. The minimum Gasteiger partial charge on any atom is -0.465 e. The number of hydrogen-bond acceptors (Lipinski definition) is 6. The summed E-state index contributed by atoms with van der Waals surface area (Å²) in [7, 11) is 1.34. The van der Waals surface area contributed by atoms with Gasteiger partial charge >= 0.3 is 5.97 Å². The second kappa shape index (κ2) is 6.42. The number of aryl methyl sites for hydroxylation is 1. The highest BCUT2D eigenvalue weighted by Gasteiger charge is 2.14. The Morgan fingerprint density at radius 2 is 2.07 bits per heavy atom. The Hall–Kier alpha value is -3.92. The molecule has 0 atom stereocenters. The van der Waals surface area contributed by atoms with Gasteiger partial charge in [0, 0.05) is 17.3 Å². The second-order valence-electron chi connectivity index (χ2n) is 6.05. The first kappa shape index (κ1) is 16.5. The number of hydrogen-bond donors (Lipinski definition) is 1. The average Bonchev–Trinajstić information content (AvgIpc) is 3.09. The molecule has 7 nitrogen and oxygen atoms in total. The Kier molecular flexibility index (Phi) is 3.94. The minimum atomic E-state index is -0.422. The SMILES string of the molecule is COC(=O)c1ccc2c(c1)nc(Nc1cccc(C#N)c1)n1cc(C)nc21. The van der Waals surface area contributed by atoms with Crippen LogP contribution in [-0.4, -0.2) is 27.4 Å². The van der Waals surface area contributed by atoms with Gasteiger partial charge < -0.3 is 10.1 Å². The van der Waals surface area contributed by atoms with E-state index >= 15 is 0 Å². The summed E-state index contributed by atoms with van der Waals surface area (Å²) >= 11 is 0. The number of fused-ring (bicyclic) bond motifs is 3. The van der Waals surface area contributed by atoms with Crippen LogP contribution in [0.1, 0.15) is 21.6 Å². The maximum Gasteiger partial charge on any atom is 0.337 e. The van der Waals surface area contributed by atoms with Gasteiger partial charge in [-0.05, 0) is 43.3 Å². The van der Waals surface area contributed by atoms with Gasteiger partial charge in [-0.1, -0.05) is 6.07 Å². The zero-order valence-electron chi connectivity index (χ0n) is 14.7. The van der Waals surface area contributed by atoms with E-state index in [-0.39, 0.29) is 0 Å². The number of aromatic nitrogens is 3. The van der Waals surface area contributed by atoms with Crippen LogP contribution in [0.4, 0.5) is 11.6 Å². The number of ether oxygens (including phenoxy) is 1. The molecular formula is C20H15N5O2. The third kappa shape index (κ3) is 2.93. The summed E-state index contributed by atoms with van der Waals surface area (Å²) in [5, 5.41) is 13.2. The van der Waals surface area contributed by atoms with Crippen LogP contribution in [0.2, 0.25) is 0 Å². The Bertz CT molecular complexity index is 1240. The minimum absolute atomic E-state index is 0.419. The molecule has 0 bridgehead atoms. The van der Waals surface area contributed by atoms with E-state index in [0.29, 0.717) is 22.6 Å². The first-order valence-corrected chi connectivity index (χ1v) is 8.24. The Balaban J connectivity index is 1.91. The summed E-state index contributed by atoms with van der Waals surface area (Å²) in [5.41, 5.74) is 3.89. The number of rotatable bonds is 3. The van der Waals surface area contributed by atoms with Crippen LogP contribution < -0.4 is 5.32 Å². The molecule has 0 unspecified atom stereocenters. The van der Waals surface area contributed by atoms with Gasteiger partial charge in [0.05, 0.1) is 35.5 Å². The molecule has 4 aromatic rings. The van der Waals surface area contributed by atoms with Crippen molar-refractivity contribution < 1.29 is 9.53 Å². The van der Waals surface area contributed by atoms with Crippen molar-refractivity contribution in [3.05, 3.63) is 65.5 Å². The fraction of sp³-hybridized carbons (Fsp3) is 0.100. The van der Waals surface area contributed by atoms with E-state index in [1.807, 2.05) is 29.7 Å². The highest BCUT2D eigenvalue weighted by atomic mass is 16.5. The van der Waals surface area contributed by atoms with Crippen molar-refractivity contribution in [2.45, 2.75) is 6.92 Å². The number of carbonyl (C=O) groups is 1. The fourth-order valence-electron chi connectivity index (χ4n) is 2.96. The Morgan fingerprint density at radius 3 is 2.85 bits per heavy atom. The number of nitriles is 1. The lowest BCUT2D eigenvalue weighted by molar-refractivity contribution is 0.0601. The van der Waals surface area contributed by atoms with Crippen molar-refractivity contribution in [3.63, 3.8) is 0 Å². The van der Waals surface area contributed by atoms with Crippen molar-refractivity contribution in [1.29, 1.82) is 5.26 Å². The van der Waals surface area contributed by atoms with Crippen LogP contribution in [0.5, 0.6) is 0 Å². The van der Waals surface area contributed by atoms with Crippen molar-refractivity contribution in [1.82, 2.24) is 14.4 Å². The highest BCUT2D eigenvalue weighted by Crippen LogP contribution is 2.25. The number of esters is 1. The first-order valence-electron chi connectivity index (χ1n) is 8.24. The molecule has 2 aromatic heterocycles. The van der Waals surface area contributed by atoms with E-state index in [0.717, 1.165) is 22.4 Å². The number of imidazole rings is 1. The van der Waals surface area contributed by atoms with Gasteiger partial charge in [-0.25, -0.2) is 14.8 Å². The molecule has 27 heavy (non-hydrogen) atoms. The molecule has 1 N–H and O–H groups in total. The fourth-order valence-corrected chi connectivity index (χ4v) is 2.96. The maximum absolute atomic E-state index is 11.9. The van der Waals surface area contributed by atoms with Crippen molar-refractivity contribution in [2.24, 2.45) is 0 Å². The van der Waals surface area contributed by atoms with Crippen LogP contribution in [-0.2, 0) is 4.74 Å². The number of benzene rings is 2. The topological polar surface area (TPSA) is 92.3 Å². The molecule has 0 saturated carbocycles. The number of methoxy groups -OCH3 is 1. The van der Waals surface area contributed by atoms with Gasteiger partial charge in [0.2, 0.25) is 5.95 Å². The van der Waals surface area contributed by atoms with Crippen LogP contribution in [0.3, 0.4) is 0 Å². The molecular weight excluding hydrogens is 342 g/mol. The van der Waals surface area contributed by atoms with Crippen molar-refractivity contribution in [2.75, 3.05) is 12.4 Å². The van der Waals surface area contributed by atoms with Crippen LogP contribution in [0, 0.1) is 18.3 Å². The zero-order chi connectivity index (χ0) is 19.0. The van der Waals surface area contributed by atoms with Gasteiger partial charge in [-0.15, -0.1) is 0 Å². The van der Waals surface area contributed by atoms with Gasteiger partial charge in [-0.3, -0.25) is 4.40 Å². The van der Waals surface area contributed by atoms with Crippen LogP contribution in [0.15, 0.2) is 48.7 Å². The molecule has 0 amide bonds. The van der Waals surface area contributed by atoms with Crippen molar-refractivity contribution >= 4 is 34.2 Å². The Labute approximate surface area is 154 Å². The molecule has 0 spiro atoms. The van der Waals surface area contributed by atoms with E-state index < -0.39 is 5.97 Å². The van der Waals surface area contributed by atoms with E-state index in [2.05, 4.69) is 21.4 Å². The first-order chi connectivity index (χ1) is 13.1. The van der Waals surface area contributed by atoms with Gasteiger partial charge in [-0.2, -0.15) is 5.26 Å². The molecule has 0 radical (unpaired) electrons. The van der Waals surface area contributed by atoms with E-state index in [1.165, 1.54) is 7.11 Å². The number of nitrogens with one attached hydrogen (secondary N) is 1. The average molecular weight is 357 g/mol. The number of carbonyl (C=O) groups excluding carboxylic acids is 1. The lowest BCUT2D eigenvalue weighted by Gasteiger charge is -2.11. The van der Waals surface area contributed by atoms with Crippen LogP contribution >= 0.6 is 0 Å². The molecule has 132 valence electrons. The third-order valence-corrected chi connectivity index (χ3v) is 4.19. The summed E-state index contributed by atoms with van der Waals surface area (Å²) in [6.07, 6.45) is 1.88. The van der Waals surface area contributed by atoms with Crippen molar-refractivity contribution in [3.8, 4) is 6.07 Å². The predicted octanol–water partition coefficient (Wildman–Crippen LogP) is 3.59. The molecule has 2 heterocycles. The summed E-state index contributed by atoms with van der Waals surface area (Å²) in [6, 6.07) is 14.4. The monoisotopic (exact) mass is 357 g/mol. The summed E-state index contributed by atoms with van der Waals surface area (Å²) < 4.78 is 6.65. The maximum atomic E-state index is 11.9. The molecule has 4 rings (SSSR count). The molecule has 7 heteroatoms. The smallest absolute Gasteiger partial charge is 0.337 e. The van der Waals surface area contributed by atoms with E-state index in [1.54, 1.807) is 30.3 Å². The molecule has 0 fully saturated rings. The normalized spacial score (nSPS) is 10.7. The second-order valence-corrected chi connectivity index (χ2v) is 6.05. The summed E-state index contributed by atoms with van der Waals surface area (Å²) in [4.78, 5) is 21.1. The van der Waals surface area contributed by atoms with Crippen LogP contribution in [0.25, 0.3) is 16.6 Å². The molecule has 2 aromatic carbocycles. The highest BCUT2D eigenvalue weighted by molar-refractivity contribution is 5.99. The largest absolute Gasteiger partial charge is 0.465 e.